The number of rotatable bonds is 11. The van der Waals surface area contributed by atoms with E-state index in [1.165, 1.54) is 12.8 Å². The average molecular weight is 572 g/mol. The van der Waals surface area contributed by atoms with Crippen molar-refractivity contribution in [2.75, 3.05) is 6.61 Å². The highest BCUT2D eigenvalue weighted by atomic mass is 16.5. The lowest BCUT2D eigenvalue weighted by Crippen LogP contribution is -2.42. The summed E-state index contributed by atoms with van der Waals surface area (Å²) in [6.45, 7) is 4.50. The second-order valence-electron chi connectivity index (χ2n) is 10.4. The summed E-state index contributed by atoms with van der Waals surface area (Å²) in [4.78, 5) is 32.1. The Bertz CT molecular complexity index is 1700. The zero-order valence-electron chi connectivity index (χ0n) is 24.4. The molecular formula is C35H33N5O3. The van der Waals surface area contributed by atoms with E-state index in [9.17, 15) is 14.9 Å². The van der Waals surface area contributed by atoms with Crippen LogP contribution in [0, 0.1) is 11.3 Å². The monoisotopic (exact) mass is 571 g/mol. The summed E-state index contributed by atoms with van der Waals surface area (Å²) < 4.78 is 7.69. The number of nitriles is 1. The normalized spacial score (nSPS) is 14.3. The number of unbranched alkanes of at least 4 members (excludes halogenated alkanes) is 3. The van der Waals surface area contributed by atoms with Crippen molar-refractivity contribution in [3.8, 4) is 28.8 Å². The maximum Gasteiger partial charge on any atom is 0.271 e. The molecule has 0 N–H and O–H groups in total. The molecule has 2 amide bonds. The van der Waals surface area contributed by atoms with E-state index in [4.69, 9.17) is 9.84 Å². The quantitative estimate of drug-likeness (QED) is 0.113. The number of carbonyl (C=O) groups excluding carboxylic acids is 2. The second-order valence-corrected chi connectivity index (χ2v) is 10.4. The molecule has 2 aromatic heterocycles. The molecule has 8 nitrogen and oxygen atoms in total. The number of amides is 2. The molecule has 2 aromatic carbocycles. The van der Waals surface area contributed by atoms with Gasteiger partial charge in [-0.05, 0) is 73.0 Å². The van der Waals surface area contributed by atoms with Crippen LogP contribution in [0.5, 0.6) is 5.75 Å². The molecule has 0 atom stereocenters. The number of imide groups is 1. The van der Waals surface area contributed by atoms with Crippen LogP contribution in [-0.2, 0) is 16.1 Å². The lowest BCUT2D eigenvalue weighted by atomic mass is 9.93. The standard InChI is InChI=1S/C35H33N5O3/c1-3-4-5-9-19-43-30-16-14-27(15-17-30)33-28(24-40(38-33)29-12-7-6-8-13-29)20-31-25(2)32(21-36)35(42)39(34(31)41)23-26-11-10-18-37-22-26/h6-8,10-18,20,22,24H,3-5,9,19,23H2,1-2H3/b31-20+. The number of hydrogen-bond donors (Lipinski definition) is 0. The number of para-hydroxylation sites is 1. The summed E-state index contributed by atoms with van der Waals surface area (Å²) in [5, 5.41) is 14.7. The van der Waals surface area contributed by atoms with Crippen molar-refractivity contribution in [3.63, 3.8) is 0 Å². The van der Waals surface area contributed by atoms with Crippen LogP contribution in [0.1, 0.15) is 50.7 Å². The molecule has 4 aromatic rings. The zero-order valence-corrected chi connectivity index (χ0v) is 24.4. The van der Waals surface area contributed by atoms with Gasteiger partial charge in [0.1, 0.15) is 17.4 Å². The molecule has 0 unspecified atom stereocenters. The van der Waals surface area contributed by atoms with Gasteiger partial charge in [-0.15, -0.1) is 0 Å². The van der Waals surface area contributed by atoms with Gasteiger partial charge < -0.3 is 4.74 Å². The van der Waals surface area contributed by atoms with E-state index in [1.807, 2.05) is 66.9 Å². The summed E-state index contributed by atoms with van der Waals surface area (Å²) in [7, 11) is 0. The zero-order chi connectivity index (χ0) is 30.2. The van der Waals surface area contributed by atoms with E-state index in [1.54, 1.807) is 42.2 Å². The minimum absolute atomic E-state index is 0.0113. The number of carbonyl (C=O) groups is 2. The molecule has 1 aliphatic rings. The fourth-order valence-corrected chi connectivity index (χ4v) is 4.96. The molecule has 0 fully saturated rings. The third kappa shape index (κ3) is 6.62. The average Bonchev–Trinajstić information content (AvgIpc) is 3.47. The molecule has 8 heteroatoms. The number of aromatic nitrogens is 3. The number of nitrogens with zero attached hydrogens (tertiary/aromatic N) is 5. The first-order valence-electron chi connectivity index (χ1n) is 14.5. The SMILES string of the molecule is CCCCCCOc1ccc(-c2nn(-c3ccccc3)cc2/C=C2/C(=O)N(Cc3cccnc3)C(=O)C(C#N)=C2C)cc1. The van der Waals surface area contributed by atoms with Gasteiger partial charge in [0.2, 0.25) is 0 Å². The van der Waals surface area contributed by atoms with Crippen molar-refractivity contribution in [3.05, 3.63) is 113 Å². The Labute approximate surface area is 251 Å². The van der Waals surface area contributed by atoms with E-state index in [2.05, 4.69) is 11.9 Å². The Hall–Kier alpha value is -5.29. The smallest absolute Gasteiger partial charge is 0.271 e. The van der Waals surface area contributed by atoms with Gasteiger partial charge in [-0.3, -0.25) is 19.5 Å². The van der Waals surface area contributed by atoms with Gasteiger partial charge in [-0.2, -0.15) is 10.4 Å². The maximum atomic E-state index is 13.8. The van der Waals surface area contributed by atoms with E-state index in [0.29, 0.717) is 29.0 Å². The predicted molar refractivity (Wildman–Crippen MR) is 165 cm³/mol. The van der Waals surface area contributed by atoms with Crippen LogP contribution in [0.2, 0.25) is 0 Å². The summed E-state index contributed by atoms with van der Waals surface area (Å²) in [5.41, 5.74) is 4.25. The molecule has 0 spiro atoms. The summed E-state index contributed by atoms with van der Waals surface area (Å²) in [5.74, 6) is -0.306. The Balaban J connectivity index is 1.53. The highest BCUT2D eigenvalue weighted by Crippen LogP contribution is 2.32. The van der Waals surface area contributed by atoms with Crippen LogP contribution >= 0.6 is 0 Å². The van der Waals surface area contributed by atoms with Gasteiger partial charge in [0.15, 0.2) is 0 Å². The predicted octanol–water partition coefficient (Wildman–Crippen LogP) is 6.69. The van der Waals surface area contributed by atoms with Gasteiger partial charge in [-0.1, -0.05) is 50.5 Å². The third-order valence-electron chi connectivity index (χ3n) is 7.35. The number of pyridine rings is 1. The van der Waals surface area contributed by atoms with Gasteiger partial charge in [0, 0.05) is 35.3 Å². The molecule has 0 saturated carbocycles. The van der Waals surface area contributed by atoms with Crippen LogP contribution < -0.4 is 4.74 Å². The minimum Gasteiger partial charge on any atom is -0.494 e. The molecular weight excluding hydrogens is 538 g/mol. The maximum absolute atomic E-state index is 13.8. The van der Waals surface area contributed by atoms with Gasteiger partial charge in [0.05, 0.1) is 24.5 Å². The van der Waals surface area contributed by atoms with Crippen LogP contribution in [0.25, 0.3) is 23.0 Å². The van der Waals surface area contributed by atoms with Crippen LogP contribution in [0.15, 0.2) is 102 Å². The van der Waals surface area contributed by atoms with Crippen molar-refractivity contribution in [1.29, 1.82) is 5.26 Å². The Morgan fingerprint density at radius 3 is 2.44 bits per heavy atom. The van der Waals surface area contributed by atoms with E-state index < -0.39 is 11.8 Å². The molecule has 43 heavy (non-hydrogen) atoms. The summed E-state index contributed by atoms with van der Waals surface area (Å²) in [6, 6.07) is 23.0. The molecule has 0 saturated heterocycles. The van der Waals surface area contributed by atoms with Crippen LogP contribution in [-0.4, -0.2) is 38.1 Å². The highest BCUT2D eigenvalue weighted by molar-refractivity contribution is 6.19. The Morgan fingerprint density at radius 1 is 0.953 bits per heavy atom. The lowest BCUT2D eigenvalue weighted by Gasteiger charge is -2.27. The van der Waals surface area contributed by atoms with Gasteiger partial charge >= 0.3 is 0 Å². The fourth-order valence-electron chi connectivity index (χ4n) is 4.96. The third-order valence-corrected chi connectivity index (χ3v) is 7.35. The number of ether oxygens (including phenoxy) is 1. The van der Waals surface area contributed by atoms with Crippen molar-refractivity contribution in [1.82, 2.24) is 19.7 Å². The van der Waals surface area contributed by atoms with Crippen molar-refractivity contribution in [2.24, 2.45) is 0 Å². The van der Waals surface area contributed by atoms with Crippen LogP contribution in [0.4, 0.5) is 0 Å². The largest absolute Gasteiger partial charge is 0.494 e. The van der Waals surface area contributed by atoms with Gasteiger partial charge in [-0.25, -0.2) is 4.68 Å². The Kier molecular flexibility index (Phi) is 9.23. The molecule has 5 rings (SSSR count). The molecule has 0 bridgehead atoms. The number of benzene rings is 2. The summed E-state index contributed by atoms with van der Waals surface area (Å²) in [6.07, 6.45) is 11.3. The van der Waals surface area contributed by atoms with E-state index in [0.717, 1.165) is 34.7 Å². The Morgan fingerprint density at radius 2 is 1.74 bits per heavy atom. The molecule has 0 radical (unpaired) electrons. The minimum atomic E-state index is -0.614. The second kappa shape index (κ2) is 13.6. The molecule has 3 heterocycles. The molecule has 216 valence electrons. The van der Waals surface area contributed by atoms with E-state index >= 15 is 0 Å². The first-order chi connectivity index (χ1) is 21.0. The molecule has 0 aliphatic carbocycles. The van der Waals surface area contributed by atoms with Crippen molar-refractivity contribution >= 4 is 17.9 Å². The summed E-state index contributed by atoms with van der Waals surface area (Å²) >= 11 is 0. The van der Waals surface area contributed by atoms with Gasteiger partial charge in [0.25, 0.3) is 11.8 Å². The topological polar surface area (TPSA) is 101 Å². The molecule has 1 aliphatic heterocycles. The van der Waals surface area contributed by atoms with Crippen LogP contribution in [0.3, 0.4) is 0 Å². The van der Waals surface area contributed by atoms with Crippen molar-refractivity contribution in [2.45, 2.75) is 46.1 Å². The first kappa shape index (κ1) is 29.2. The fraction of sp³-hybridized carbons (Fsp3) is 0.229. The van der Waals surface area contributed by atoms with E-state index in [-0.39, 0.29) is 17.7 Å². The van der Waals surface area contributed by atoms with Crippen molar-refractivity contribution < 1.29 is 14.3 Å². The number of hydrogen-bond acceptors (Lipinski definition) is 6. The highest BCUT2D eigenvalue weighted by Gasteiger charge is 2.35. The lowest BCUT2D eigenvalue weighted by molar-refractivity contribution is -0.141. The first-order valence-corrected chi connectivity index (χ1v) is 14.5.